The quantitative estimate of drug-likeness (QED) is 0.346. The number of carbonyl (C=O) groups is 1. The normalized spacial score (nSPS) is 22.5. The molecule has 1 aliphatic rings. The Morgan fingerprint density at radius 1 is 1.82 bits per heavy atom. The molecule has 0 aromatic rings. The number of hydrogen-bond acceptors (Lipinski definition) is 3. The second-order valence-electron chi connectivity index (χ2n) is 2.23. The molecule has 3 nitrogen and oxygen atoms in total. The average molecular weight is 154 g/mol. The Morgan fingerprint density at radius 3 is 3.00 bits per heavy atom. The molecule has 11 heavy (non-hydrogen) atoms. The molecule has 1 aliphatic heterocycles. The van der Waals surface area contributed by atoms with Crippen molar-refractivity contribution in [2.24, 2.45) is 0 Å². The van der Waals surface area contributed by atoms with Crippen LogP contribution in [0.2, 0.25) is 0 Å². The summed E-state index contributed by atoms with van der Waals surface area (Å²) in [5.41, 5.74) is 0. The molecule has 0 aromatic carbocycles. The second-order valence-corrected chi connectivity index (χ2v) is 2.23. The van der Waals surface area contributed by atoms with Gasteiger partial charge in [-0.05, 0) is 6.08 Å². The van der Waals surface area contributed by atoms with Crippen LogP contribution in [0.3, 0.4) is 0 Å². The molecule has 1 saturated heterocycles. The van der Waals surface area contributed by atoms with Gasteiger partial charge in [0.1, 0.15) is 5.76 Å². The number of carbonyl (C=O) groups excluding carboxylic acids is 1. The van der Waals surface area contributed by atoms with Crippen LogP contribution >= 0.6 is 0 Å². The number of allylic oxidation sites excluding steroid dienone is 1. The van der Waals surface area contributed by atoms with E-state index in [1.165, 1.54) is 6.08 Å². The molecule has 3 heteroatoms. The van der Waals surface area contributed by atoms with E-state index in [1.54, 1.807) is 0 Å². The van der Waals surface area contributed by atoms with Gasteiger partial charge in [-0.2, -0.15) is 0 Å². The van der Waals surface area contributed by atoms with E-state index in [2.05, 4.69) is 17.9 Å². The molecule has 1 rings (SSSR count). The summed E-state index contributed by atoms with van der Waals surface area (Å²) in [5, 5.41) is 0. The SMILES string of the molecule is C=CC(=C)OC1CCOC1=O. The van der Waals surface area contributed by atoms with Crippen LogP contribution in [0.1, 0.15) is 6.42 Å². The van der Waals surface area contributed by atoms with E-state index in [9.17, 15) is 4.79 Å². The van der Waals surface area contributed by atoms with Crippen LogP contribution in [0.15, 0.2) is 25.0 Å². The monoisotopic (exact) mass is 154 g/mol. The first-order valence-corrected chi connectivity index (χ1v) is 3.38. The number of hydrogen-bond donors (Lipinski definition) is 0. The molecule has 60 valence electrons. The summed E-state index contributed by atoms with van der Waals surface area (Å²) in [6.07, 6.45) is 1.59. The zero-order valence-electron chi connectivity index (χ0n) is 6.21. The molecule has 0 amide bonds. The predicted octanol–water partition coefficient (Wildman–Crippen LogP) is 1.02. The maximum absolute atomic E-state index is 10.8. The van der Waals surface area contributed by atoms with Crippen LogP contribution in [0.25, 0.3) is 0 Å². The molecule has 1 atom stereocenters. The number of cyclic esters (lactones) is 1. The van der Waals surface area contributed by atoms with Crippen molar-refractivity contribution < 1.29 is 14.3 Å². The third-order valence-corrected chi connectivity index (χ3v) is 1.41. The smallest absolute Gasteiger partial charge is 0.347 e. The van der Waals surface area contributed by atoms with Gasteiger partial charge < -0.3 is 9.47 Å². The fourth-order valence-corrected chi connectivity index (χ4v) is 0.815. The van der Waals surface area contributed by atoms with Gasteiger partial charge in [0.05, 0.1) is 6.61 Å². The van der Waals surface area contributed by atoms with Gasteiger partial charge in [0.15, 0.2) is 6.10 Å². The Balaban J connectivity index is 2.42. The van der Waals surface area contributed by atoms with Gasteiger partial charge in [0.2, 0.25) is 0 Å². The Bertz CT molecular complexity index is 196. The van der Waals surface area contributed by atoms with Gasteiger partial charge in [-0.3, -0.25) is 0 Å². The molecule has 0 spiro atoms. The van der Waals surface area contributed by atoms with Crippen LogP contribution in [-0.2, 0) is 14.3 Å². The molecule has 0 saturated carbocycles. The minimum atomic E-state index is -0.472. The van der Waals surface area contributed by atoms with Gasteiger partial charge in [0.25, 0.3) is 0 Å². The number of rotatable bonds is 3. The molecule has 0 aliphatic carbocycles. The van der Waals surface area contributed by atoms with Crippen molar-refractivity contribution in [3.63, 3.8) is 0 Å². The lowest BCUT2D eigenvalue weighted by Gasteiger charge is -2.08. The van der Waals surface area contributed by atoms with Crippen molar-refractivity contribution in [2.45, 2.75) is 12.5 Å². The maximum Gasteiger partial charge on any atom is 0.347 e. The lowest BCUT2D eigenvalue weighted by Crippen LogP contribution is -2.17. The van der Waals surface area contributed by atoms with E-state index in [4.69, 9.17) is 4.74 Å². The Kier molecular flexibility index (Phi) is 2.31. The van der Waals surface area contributed by atoms with Crippen molar-refractivity contribution in [3.8, 4) is 0 Å². The van der Waals surface area contributed by atoms with E-state index >= 15 is 0 Å². The lowest BCUT2D eigenvalue weighted by molar-refractivity contribution is -0.145. The average Bonchev–Trinajstić information content (AvgIpc) is 2.37. The molecule has 1 fully saturated rings. The highest BCUT2D eigenvalue weighted by Gasteiger charge is 2.27. The summed E-state index contributed by atoms with van der Waals surface area (Å²) in [4.78, 5) is 10.8. The fraction of sp³-hybridized carbons (Fsp3) is 0.375. The van der Waals surface area contributed by atoms with Gasteiger partial charge in [-0.25, -0.2) is 4.79 Å². The van der Waals surface area contributed by atoms with E-state index < -0.39 is 6.10 Å². The molecule has 1 unspecified atom stereocenters. The van der Waals surface area contributed by atoms with E-state index in [0.717, 1.165) is 0 Å². The van der Waals surface area contributed by atoms with Crippen molar-refractivity contribution in [2.75, 3.05) is 6.61 Å². The van der Waals surface area contributed by atoms with Crippen LogP contribution in [-0.4, -0.2) is 18.7 Å². The summed E-state index contributed by atoms with van der Waals surface area (Å²) < 4.78 is 9.76. The minimum absolute atomic E-state index is 0.312. The highest BCUT2D eigenvalue weighted by atomic mass is 16.6. The van der Waals surface area contributed by atoms with Gasteiger partial charge in [-0.15, -0.1) is 0 Å². The summed E-state index contributed by atoms with van der Waals surface area (Å²) in [6, 6.07) is 0. The van der Waals surface area contributed by atoms with Gasteiger partial charge in [-0.1, -0.05) is 13.2 Å². The summed E-state index contributed by atoms with van der Waals surface area (Å²) >= 11 is 0. The Morgan fingerprint density at radius 2 is 2.55 bits per heavy atom. The summed E-state index contributed by atoms with van der Waals surface area (Å²) in [5.74, 6) is 0.0989. The highest BCUT2D eigenvalue weighted by Crippen LogP contribution is 2.13. The second kappa shape index (κ2) is 3.23. The Hall–Kier alpha value is -1.25. The highest BCUT2D eigenvalue weighted by molar-refractivity contribution is 5.76. The zero-order valence-corrected chi connectivity index (χ0v) is 6.21. The fourth-order valence-electron chi connectivity index (χ4n) is 0.815. The van der Waals surface area contributed by atoms with E-state index in [1.807, 2.05) is 0 Å². The van der Waals surface area contributed by atoms with Crippen molar-refractivity contribution in [1.29, 1.82) is 0 Å². The zero-order chi connectivity index (χ0) is 8.27. The molecule has 0 N–H and O–H groups in total. The number of esters is 1. The van der Waals surface area contributed by atoms with Gasteiger partial charge >= 0.3 is 5.97 Å². The van der Waals surface area contributed by atoms with Crippen molar-refractivity contribution >= 4 is 5.97 Å². The summed E-state index contributed by atoms with van der Waals surface area (Å²) in [6.45, 7) is 7.41. The maximum atomic E-state index is 10.8. The minimum Gasteiger partial charge on any atom is -0.479 e. The van der Waals surface area contributed by atoms with Crippen LogP contribution in [0.4, 0.5) is 0 Å². The molecular formula is C8H10O3. The van der Waals surface area contributed by atoms with Crippen molar-refractivity contribution in [3.05, 3.63) is 25.0 Å². The first-order chi connectivity index (χ1) is 5.24. The van der Waals surface area contributed by atoms with Gasteiger partial charge in [0, 0.05) is 6.42 Å². The number of ether oxygens (including phenoxy) is 2. The predicted molar refractivity (Wildman–Crippen MR) is 39.8 cm³/mol. The largest absolute Gasteiger partial charge is 0.479 e. The van der Waals surface area contributed by atoms with E-state index in [-0.39, 0.29) is 5.97 Å². The lowest BCUT2D eigenvalue weighted by atomic mass is 10.3. The third kappa shape index (κ3) is 1.83. The molecule has 0 aromatic heterocycles. The standard InChI is InChI=1S/C8H10O3/c1-3-6(2)11-7-4-5-10-8(7)9/h3,7H,1-2,4-5H2. The molecular weight excluding hydrogens is 144 g/mol. The summed E-state index contributed by atoms with van der Waals surface area (Å²) in [7, 11) is 0. The van der Waals surface area contributed by atoms with Crippen molar-refractivity contribution in [1.82, 2.24) is 0 Å². The topological polar surface area (TPSA) is 35.5 Å². The Labute approximate surface area is 65.3 Å². The first-order valence-electron chi connectivity index (χ1n) is 3.38. The van der Waals surface area contributed by atoms with Crippen LogP contribution in [0, 0.1) is 0 Å². The third-order valence-electron chi connectivity index (χ3n) is 1.41. The molecule has 0 radical (unpaired) electrons. The van der Waals surface area contributed by atoms with E-state index in [0.29, 0.717) is 18.8 Å². The molecule has 0 bridgehead atoms. The molecule has 1 heterocycles. The first kappa shape index (κ1) is 7.85. The van der Waals surface area contributed by atoms with Crippen LogP contribution in [0.5, 0.6) is 0 Å². The van der Waals surface area contributed by atoms with Crippen LogP contribution < -0.4 is 0 Å².